The zero-order valence-corrected chi connectivity index (χ0v) is 13.9. The molecule has 6 nitrogen and oxygen atoms in total. The summed E-state index contributed by atoms with van der Waals surface area (Å²) >= 11 is 0.871. The molecular formula is C18H14N2O4S. The predicted molar refractivity (Wildman–Crippen MR) is 96.0 cm³/mol. The normalized spacial score (nSPS) is 16.6. The fourth-order valence-electron chi connectivity index (χ4n) is 2.27. The Bertz CT molecular complexity index is 819. The van der Waals surface area contributed by atoms with Crippen molar-refractivity contribution < 1.29 is 14.3 Å². The van der Waals surface area contributed by atoms with E-state index < -0.39 is 11.9 Å². The van der Waals surface area contributed by atoms with Gasteiger partial charge in [-0.15, -0.1) is 0 Å². The number of rotatable bonds is 6. The molecule has 1 heterocycles. The molecule has 0 spiro atoms. The molecule has 0 bridgehead atoms. The van der Waals surface area contributed by atoms with E-state index in [0.717, 1.165) is 22.9 Å². The standard InChI is InChI=1S/C18H14N2O4S/c21-17-16(25-18(22)19-17)10-12-6-8-14(9-7-12)24-11-15(20-23)13-4-2-1-3-5-13/h1-10,15H,11H2,(H,19,21,22). The summed E-state index contributed by atoms with van der Waals surface area (Å²) in [5.74, 6) is 0.199. The molecule has 7 heteroatoms. The number of carbonyl (C=O) groups excluding carboxylic acids is 2. The van der Waals surface area contributed by atoms with Gasteiger partial charge in [0.2, 0.25) is 0 Å². The van der Waals surface area contributed by atoms with E-state index in [1.54, 1.807) is 30.3 Å². The van der Waals surface area contributed by atoms with Gasteiger partial charge < -0.3 is 4.74 Å². The number of thioether (sulfide) groups is 1. The maximum Gasteiger partial charge on any atom is 0.290 e. The highest BCUT2D eigenvalue weighted by atomic mass is 32.2. The highest BCUT2D eigenvalue weighted by Crippen LogP contribution is 2.26. The van der Waals surface area contributed by atoms with E-state index in [2.05, 4.69) is 10.5 Å². The van der Waals surface area contributed by atoms with Gasteiger partial charge in [0.25, 0.3) is 11.1 Å². The number of carbonyl (C=O) groups is 2. The van der Waals surface area contributed by atoms with E-state index in [1.165, 1.54) is 0 Å². The average Bonchev–Trinajstić information content (AvgIpc) is 2.95. The van der Waals surface area contributed by atoms with Crippen molar-refractivity contribution in [2.45, 2.75) is 6.04 Å². The van der Waals surface area contributed by atoms with Crippen LogP contribution in [0.15, 0.2) is 64.7 Å². The first kappa shape index (κ1) is 16.9. The molecule has 1 N–H and O–H groups in total. The van der Waals surface area contributed by atoms with Crippen molar-refractivity contribution in [3.05, 3.63) is 75.5 Å². The number of nitrogens with one attached hydrogen (secondary N) is 1. The Hall–Kier alpha value is -2.93. The summed E-state index contributed by atoms with van der Waals surface area (Å²) in [4.78, 5) is 34.0. The van der Waals surface area contributed by atoms with Crippen LogP contribution >= 0.6 is 11.8 Å². The summed E-state index contributed by atoms with van der Waals surface area (Å²) in [7, 11) is 0. The lowest BCUT2D eigenvalue weighted by Gasteiger charge is -2.11. The molecule has 1 unspecified atom stereocenters. The zero-order chi connectivity index (χ0) is 17.6. The van der Waals surface area contributed by atoms with Crippen molar-refractivity contribution in [3.8, 4) is 5.75 Å². The molecule has 1 saturated heterocycles. The van der Waals surface area contributed by atoms with E-state index in [1.807, 2.05) is 30.3 Å². The van der Waals surface area contributed by atoms with Crippen LogP contribution in [-0.2, 0) is 4.79 Å². The van der Waals surface area contributed by atoms with Crippen LogP contribution < -0.4 is 10.1 Å². The largest absolute Gasteiger partial charge is 0.491 e. The lowest BCUT2D eigenvalue weighted by molar-refractivity contribution is -0.115. The Morgan fingerprint density at radius 3 is 2.40 bits per heavy atom. The van der Waals surface area contributed by atoms with Crippen LogP contribution in [0, 0.1) is 4.91 Å². The number of nitrogens with zero attached hydrogens (tertiary/aromatic N) is 1. The van der Waals surface area contributed by atoms with Crippen molar-refractivity contribution in [2.24, 2.45) is 5.18 Å². The lowest BCUT2D eigenvalue weighted by atomic mass is 10.1. The van der Waals surface area contributed by atoms with E-state index in [4.69, 9.17) is 4.74 Å². The number of imide groups is 1. The molecule has 0 aliphatic carbocycles. The summed E-state index contributed by atoms with van der Waals surface area (Å²) in [5.41, 5.74) is 1.57. The van der Waals surface area contributed by atoms with Crippen molar-refractivity contribution in [1.29, 1.82) is 0 Å². The second-order valence-corrected chi connectivity index (χ2v) is 6.28. The van der Waals surface area contributed by atoms with Crippen molar-refractivity contribution in [2.75, 3.05) is 6.61 Å². The Labute approximate surface area is 148 Å². The smallest absolute Gasteiger partial charge is 0.290 e. The average molecular weight is 354 g/mol. The minimum Gasteiger partial charge on any atom is -0.491 e. The van der Waals surface area contributed by atoms with Crippen LogP contribution in [0.5, 0.6) is 5.75 Å². The Kier molecular flexibility index (Phi) is 5.25. The minimum absolute atomic E-state index is 0.140. The zero-order valence-electron chi connectivity index (χ0n) is 13.0. The molecule has 1 aliphatic heterocycles. The van der Waals surface area contributed by atoms with Gasteiger partial charge in [0.1, 0.15) is 12.4 Å². The summed E-state index contributed by atoms with van der Waals surface area (Å²) < 4.78 is 5.62. The topological polar surface area (TPSA) is 84.8 Å². The molecule has 2 aromatic carbocycles. The van der Waals surface area contributed by atoms with Crippen LogP contribution in [0.2, 0.25) is 0 Å². The van der Waals surface area contributed by atoms with E-state index >= 15 is 0 Å². The third kappa shape index (κ3) is 4.33. The Morgan fingerprint density at radius 1 is 1.08 bits per heavy atom. The van der Waals surface area contributed by atoms with E-state index in [-0.39, 0.29) is 11.8 Å². The third-order valence-corrected chi connectivity index (χ3v) is 4.35. The maximum atomic E-state index is 11.5. The van der Waals surface area contributed by atoms with Crippen LogP contribution in [0.3, 0.4) is 0 Å². The van der Waals surface area contributed by atoms with E-state index in [9.17, 15) is 14.5 Å². The molecule has 126 valence electrons. The second-order valence-electron chi connectivity index (χ2n) is 5.26. The Morgan fingerprint density at radius 2 is 1.80 bits per heavy atom. The van der Waals surface area contributed by atoms with Gasteiger partial charge >= 0.3 is 0 Å². The van der Waals surface area contributed by atoms with Crippen LogP contribution in [-0.4, -0.2) is 17.8 Å². The van der Waals surface area contributed by atoms with Crippen molar-refractivity contribution in [3.63, 3.8) is 0 Å². The maximum absolute atomic E-state index is 11.5. The molecule has 0 radical (unpaired) electrons. The molecule has 2 amide bonds. The molecule has 0 aromatic heterocycles. The van der Waals surface area contributed by atoms with Gasteiger partial charge in [-0.1, -0.05) is 47.6 Å². The quantitative estimate of drug-likeness (QED) is 0.628. The van der Waals surface area contributed by atoms with Crippen molar-refractivity contribution in [1.82, 2.24) is 5.32 Å². The highest BCUT2D eigenvalue weighted by Gasteiger charge is 2.24. The molecule has 0 saturated carbocycles. The highest BCUT2D eigenvalue weighted by molar-refractivity contribution is 8.18. The third-order valence-electron chi connectivity index (χ3n) is 3.54. The molecule has 1 aliphatic rings. The number of ether oxygens (including phenoxy) is 1. The van der Waals surface area contributed by atoms with Crippen LogP contribution in [0.4, 0.5) is 4.79 Å². The second kappa shape index (κ2) is 7.76. The van der Waals surface area contributed by atoms with E-state index in [0.29, 0.717) is 10.7 Å². The van der Waals surface area contributed by atoms with Crippen molar-refractivity contribution >= 4 is 29.0 Å². The van der Waals surface area contributed by atoms with Gasteiger partial charge in [-0.25, -0.2) is 0 Å². The van der Waals surface area contributed by atoms with Gasteiger partial charge in [-0.2, -0.15) is 4.91 Å². The first-order valence-corrected chi connectivity index (χ1v) is 8.32. The summed E-state index contributed by atoms with van der Waals surface area (Å²) in [5, 5.41) is 4.95. The fourth-order valence-corrected chi connectivity index (χ4v) is 2.95. The monoisotopic (exact) mass is 354 g/mol. The lowest BCUT2D eigenvalue weighted by Crippen LogP contribution is -2.17. The first-order valence-electron chi connectivity index (χ1n) is 7.51. The van der Waals surface area contributed by atoms with Gasteiger partial charge in [-0.3, -0.25) is 14.9 Å². The number of hydrogen-bond acceptors (Lipinski definition) is 6. The van der Waals surface area contributed by atoms with Gasteiger partial charge in [0, 0.05) is 0 Å². The number of benzene rings is 2. The van der Waals surface area contributed by atoms with Crippen LogP contribution in [0.25, 0.3) is 6.08 Å². The molecule has 25 heavy (non-hydrogen) atoms. The Balaban J connectivity index is 1.63. The van der Waals surface area contributed by atoms with Gasteiger partial charge in [-0.05, 0) is 41.1 Å². The molecule has 1 fully saturated rings. The van der Waals surface area contributed by atoms with Gasteiger partial charge in [0.15, 0.2) is 6.04 Å². The first-order chi connectivity index (χ1) is 12.2. The SMILES string of the molecule is O=NC(COc1ccc(C=C2SC(=O)NC2=O)cc1)c1ccccc1. The molecular weight excluding hydrogens is 340 g/mol. The predicted octanol–water partition coefficient (Wildman–Crippen LogP) is 3.90. The molecule has 2 aromatic rings. The number of hydrogen-bond donors (Lipinski definition) is 1. The summed E-state index contributed by atoms with van der Waals surface area (Å²) in [6.07, 6.45) is 1.63. The molecule has 1 atom stereocenters. The van der Waals surface area contributed by atoms with Gasteiger partial charge in [0.05, 0.1) is 4.91 Å². The fraction of sp³-hybridized carbons (Fsp3) is 0.111. The van der Waals surface area contributed by atoms with Crippen LogP contribution in [0.1, 0.15) is 17.2 Å². The number of amides is 2. The summed E-state index contributed by atoms with van der Waals surface area (Å²) in [6.45, 7) is 0.140. The number of nitroso groups, excluding NO2 is 1. The summed E-state index contributed by atoms with van der Waals surface area (Å²) in [6, 6.07) is 15.7. The minimum atomic E-state index is -0.576. The molecule has 3 rings (SSSR count).